The number of sulfonamides is 1. The van der Waals surface area contributed by atoms with E-state index in [0.29, 0.717) is 23.3 Å². The Labute approximate surface area is 258 Å². The van der Waals surface area contributed by atoms with E-state index in [1.807, 2.05) is 63.2 Å². The summed E-state index contributed by atoms with van der Waals surface area (Å²) in [5.74, 6) is -0.0185. The van der Waals surface area contributed by atoms with Crippen molar-refractivity contribution in [2.75, 3.05) is 19.1 Å². The van der Waals surface area contributed by atoms with Gasteiger partial charge < -0.3 is 20.5 Å². The molecule has 0 unspecified atom stereocenters. The molecule has 3 rings (SSSR count). The van der Waals surface area contributed by atoms with Gasteiger partial charge in [-0.05, 0) is 68.7 Å². The van der Waals surface area contributed by atoms with Crippen LogP contribution in [0.1, 0.15) is 42.3 Å². The number of carbonyl (C=O) groups excluding carboxylic acids is 2. The SMILES string of the molecule is COc1ccc(SC[C@H](NS(C)(=O)=O)C(=O)N[C@@H](Cc2ccccc2)[C@H](O)Cc2ccccc2C(=O)NC(C)(C)C)cc1. The van der Waals surface area contributed by atoms with Crippen LogP contribution >= 0.6 is 11.8 Å². The average molecular weight is 628 g/mol. The predicted octanol–water partition coefficient (Wildman–Crippen LogP) is 3.56. The second kappa shape index (κ2) is 15.4. The minimum Gasteiger partial charge on any atom is -0.497 e. The minimum atomic E-state index is -3.73. The zero-order valence-corrected chi connectivity index (χ0v) is 26.8. The predicted molar refractivity (Wildman–Crippen MR) is 171 cm³/mol. The molecule has 11 heteroatoms. The summed E-state index contributed by atoms with van der Waals surface area (Å²) in [4.78, 5) is 27.4. The molecule has 9 nitrogen and oxygen atoms in total. The quantitative estimate of drug-likeness (QED) is 0.201. The normalized spacial score (nSPS) is 13.9. The summed E-state index contributed by atoms with van der Waals surface area (Å²) in [6, 6.07) is 21.8. The molecule has 0 aromatic heterocycles. The van der Waals surface area contributed by atoms with Gasteiger partial charge in [-0.2, -0.15) is 0 Å². The molecule has 232 valence electrons. The van der Waals surface area contributed by atoms with Gasteiger partial charge in [0.1, 0.15) is 11.8 Å². The Hall–Kier alpha value is -3.38. The lowest BCUT2D eigenvalue weighted by Crippen LogP contribution is -2.54. The first-order chi connectivity index (χ1) is 20.2. The van der Waals surface area contributed by atoms with Crippen LogP contribution in [0.25, 0.3) is 0 Å². The van der Waals surface area contributed by atoms with Crippen molar-refractivity contribution in [2.45, 2.75) is 62.2 Å². The zero-order valence-electron chi connectivity index (χ0n) is 25.2. The van der Waals surface area contributed by atoms with Crippen molar-refractivity contribution < 1.29 is 27.9 Å². The number of carbonyl (C=O) groups is 2. The van der Waals surface area contributed by atoms with Crippen LogP contribution in [0.3, 0.4) is 0 Å². The summed E-state index contributed by atoms with van der Waals surface area (Å²) in [5.41, 5.74) is 1.50. The molecular weight excluding hydrogens is 587 g/mol. The molecule has 3 aromatic carbocycles. The van der Waals surface area contributed by atoms with Crippen LogP contribution in [0.5, 0.6) is 5.75 Å². The van der Waals surface area contributed by atoms with Crippen LogP contribution in [-0.4, -0.2) is 68.2 Å². The van der Waals surface area contributed by atoms with E-state index < -0.39 is 39.7 Å². The summed E-state index contributed by atoms with van der Waals surface area (Å²) in [6.07, 6.45) is 0.305. The molecule has 0 fully saturated rings. The van der Waals surface area contributed by atoms with E-state index in [2.05, 4.69) is 15.4 Å². The Bertz CT molecular complexity index is 1460. The monoisotopic (exact) mass is 627 g/mol. The first kappa shape index (κ1) is 34.1. The van der Waals surface area contributed by atoms with Crippen molar-refractivity contribution in [1.82, 2.24) is 15.4 Å². The molecule has 0 aliphatic carbocycles. The van der Waals surface area contributed by atoms with Crippen molar-refractivity contribution in [2.24, 2.45) is 0 Å². The van der Waals surface area contributed by atoms with Crippen LogP contribution in [-0.2, 0) is 27.7 Å². The van der Waals surface area contributed by atoms with Crippen molar-refractivity contribution in [3.05, 3.63) is 95.6 Å². The summed E-state index contributed by atoms with van der Waals surface area (Å²) in [6.45, 7) is 5.67. The first-order valence-corrected chi connectivity index (χ1v) is 16.8. The summed E-state index contributed by atoms with van der Waals surface area (Å²) in [7, 11) is -2.16. The van der Waals surface area contributed by atoms with Gasteiger partial charge in [0.15, 0.2) is 0 Å². The molecule has 0 saturated carbocycles. The number of aliphatic hydroxyl groups is 1. The Morgan fingerprint density at radius 2 is 1.56 bits per heavy atom. The maximum Gasteiger partial charge on any atom is 0.251 e. The highest BCUT2D eigenvalue weighted by molar-refractivity contribution is 7.99. The van der Waals surface area contributed by atoms with Crippen LogP contribution in [0.2, 0.25) is 0 Å². The molecule has 43 heavy (non-hydrogen) atoms. The van der Waals surface area contributed by atoms with E-state index in [4.69, 9.17) is 4.74 Å². The molecule has 3 atom stereocenters. The van der Waals surface area contributed by atoms with Crippen molar-refractivity contribution >= 4 is 33.6 Å². The van der Waals surface area contributed by atoms with Gasteiger partial charge in [0.25, 0.3) is 5.91 Å². The van der Waals surface area contributed by atoms with Crippen molar-refractivity contribution in [3.8, 4) is 5.75 Å². The van der Waals surface area contributed by atoms with Gasteiger partial charge in [-0.3, -0.25) is 9.59 Å². The van der Waals surface area contributed by atoms with Crippen molar-refractivity contribution in [3.63, 3.8) is 0 Å². The smallest absolute Gasteiger partial charge is 0.251 e. The molecule has 0 aliphatic heterocycles. The largest absolute Gasteiger partial charge is 0.497 e. The van der Waals surface area contributed by atoms with E-state index in [9.17, 15) is 23.1 Å². The topological polar surface area (TPSA) is 134 Å². The molecule has 0 saturated heterocycles. The number of amides is 2. The Morgan fingerprint density at radius 1 is 0.930 bits per heavy atom. The Balaban J connectivity index is 1.84. The maximum atomic E-state index is 13.6. The van der Waals surface area contributed by atoms with E-state index >= 15 is 0 Å². The van der Waals surface area contributed by atoms with Crippen LogP contribution in [0.4, 0.5) is 0 Å². The second-order valence-electron chi connectivity index (χ2n) is 11.4. The number of methoxy groups -OCH3 is 1. The second-order valence-corrected chi connectivity index (χ2v) is 14.2. The lowest BCUT2D eigenvalue weighted by molar-refractivity contribution is -0.123. The minimum absolute atomic E-state index is 0.0935. The highest BCUT2D eigenvalue weighted by Crippen LogP contribution is 2.23. The number of rotatable bonds is 14. The number of thioether (sulfide) groups is 1. The third-order valence-corrected chi connectivity index (χ3v) is 8.24. The fourth-order valence-electron chi connectivity index (χ4n) is 4.40. The van der Waals surface area contributed by atoms with Gasteiger partial charge in [-0.15, -0.1) is 11.8 Å². The number of aliphatic hydroxyl groups excluding tert-OH is 1. The standard InChI is InChI=1S/C32H41N3O6S2/c1-32(2,3)34-30(37)26-14-10-9-13-23(26)20-29(36)27(19-22-11-7-6-8-12-22)33-31(38)28(35-43(5,39)40)21-42-25-17-15-24(41-4)16-18-25/h6-18,27-29,35-36H,19-21H2,1-5H3,(H,33,38)(H,34,37)/t27-,28-,29+/m0/s1. The number of hydrogen-bond donors (Lipinski definition) is 4. The molecular formula is C32H41N3O6S2. The number of hydrogen-bond acceptors (Lipinski definition) is 7. The molecule has 3 aromatic rings. The number of benzene rings is 3. The molecule has 0 spiro atoms. The van der Waals surface area contributed by atoms with Gasteiger partial charge in [0.2, 0.25) is 15.9 Å². The molecule has 4 N–H and O–H groups in total. The summed E-state index contributed by atoms with van der Waals surface area (Å²) in [5, 5.41) is 17.3. The third kappa shape index (κ3) is 11.7. The number of nitrogens with one attached hydrogen (secondary N) is 3. The summed E-state index contributed by atoms with van der Waals surface area (Å²) < 4.78 is 32.0. The average Bonchev–Trinajstić information content (AvgIpc) is 2.94. The van der Waals surface area contributed by atoms with E-state index in [1.165, 1.54) is 11.8 Å². The molecule has 0 heterocycles. The lowest BCUT2D eigenvalue weighted by atomic mass is 9.93. The fraction of sp³-hybridized carbons (Fsp3) is 0.375. The molecule has 2 amide bonds. The van der Waals surface area contributed by atoms with Crippen molar-refractivity contribution in [1.29, 1.82) is 0 Å². The molecule has 0 radical (unpaired) electrons. The molecule has 0 aliphatic rings. The van der Waals surface area contributed by atoms with Crippen LogP contribution < -0.4 is 20.1 Å². The molecule has 0 bridgehead atoms. The summed E-state index contributed by atoms with van der Waals surface area (Å²) >= 11 is 1.32. The lowest BCUT2D eigenvalue weighted by Gasteiger charge is -2.28. The highest BCUT2D eigenvalue weighted by atomic mass is 32.2. The van der Waals surface area contributed by atoms with Gasteiger partial charge >= 0.3 is 0 Å². The maximum absolute atomic E-state index is 13.6. The Kier molecular flexibility index (Phi) is 12.2. The van der Waals surface area contributed by atoms with Gasteiger partial charge in [-0.1, -0.05) is 48.5 Å². The van der Waals surface area contributed by atoms with Crippen LogP contribution in [0, 0.1) is 0 Å². The van der Waals surface area contributed by atoms with Gasteiger partial charge in [0.05, 0.1) is 25.5 Å². The Morgan fingerprint density at radius 3 is 2.16 bits per heavy atom. The number of ether oxygens (including phenoxy) is 1. The zero-order chi connectivity index (χ0) is 31.6. The van der Waals surface area contributed by atoms with Gasteiger partial charge in [0, 0.05) is 28.2 Å². The van der Waals surface area contributed by atoms with Crippen LogP contribution in [0.15, 0.2) is 83.8 Å². The van der Waals surface area contributed by atoms with E-state index in [-0.39, 0.29) is 18.1 Å². The van der Waals surface area contributed by atoms with E-state index in [1.54, 1.807) is 43.5 Å². The van der Waals surface area contributed by atoms with Gasteiger partial charge in [-0.25, -0.2) is 13.1 Å². The fourth-order valence-corrected chi connectivity index (χ4v) is 6.14. The first-order valence-electron chi connectivity index (χ1n) is 13.9. The third-order valence-electron chi connectivity index (χ3n) is 6.42. The van der Waals surface area contributed by atoms with E-state index in [0.717, 1.165) is 16.7 Å². The highest BCUT2D eigenvalue weighted by Gasteiger charge is 2.29.